The molecule has 0 aliphatic heterocycles. The van der Waals surface area contributed by atoms with Crippen LogP contribution in [0.2, 0.25) is 0 Å². The van der Waals surface area contributed by atoms with Gasteiger partial charge >= 0.3 is 0 Å². The maximum Gasteiger partial charge on any atom is 0.194 e. The molecule has 158 valence electrons. The molecule has 0 fully saturated rings. The number of benzene rings is 4. The standard InChI is InChI=1S/C14H12O2.C14H8O2.2Na/c2*15-13-9-5-1-2-6-10(9)14(16)12-8-4-3-7-11(12)13;;/h1-6,15-16H,7-8H2;1-8H;;. The zero-order valence-corrected chi connectivity index (χ0v) is 23.2. The monoisotopic (exact) mass is 466 g/mol. The Kier molecular flexibility index (Phi) is 8.58. The van der Waals surface area contributed by atoms with Crippen LogP contribution in [0.15, 0.2) is 84.9 Å². The molecule has 4 nitrogen and oxygen atoms in total. The predicted molar refractivity (Wildman–Crippen MR) is 135 cm³/mol. The number of carbonyl (C=O) groups is 2. The second-order valence-electron chi connectivity index (χ2n) is 7.83. The molecule has 0 heterocycles. The second kappa shape index (κ2) is 11.0. The van der Waals surface area contributed by atoms with Gasteiger partial charge in [0, 0.05) is 103 Å². The first kappa shape index (κ1) is 26.4. The van der Waals surface area contributed by atoms with E-state index in [1.807, 2.05) is 36.4 Å². The van der Waals surface area contributed by atoms with E-state index >= 15 is 0 Å². The second-order valence-corrected chi connectivity index (χ2v) is 7.83. The summed E-state index contributed by atoms with van der Waals surface area (Å²) in [6, 6.07) is 21.3. The van der Waals surface area contributed by atoms with Gasteiger partial charge in [0.2, 0.25) is 0 Å². The fourth-order valence-electron chi connectivity index (χ4n) is 4.40. The van der Waals surface area contributed by atoms with E-state index in [1.54, 1.807) is 48.5 Å². The van der Waals surface area contributed by atoms with Crippen LogP contribution in [0.3, 0.4) is 0 Å². The molecule has 0 saturated carbocycles. The summed E-state index contributed by atoms with van der Waals surface area (Å²) >= 11 is 0. The van der Waals surface area contributed by atoms with Gasteiger partial charge in [-0.15, -0.1) is 0 Å². The van der Waals surface area contributed by atoms with Crippen LogP contribution in [0.25, 0.3) is 10.8 Å². The van der Waals surface area contributed by atoms with Crippen molar-refractivity contribution in [1.82, 2.24) is 0 Å². The topological polar surface area (TPSA) is 74.6 Å². The van der Waals surface area contributed by atoms with Gasteiger partial charge in [0.15, 0.2) is 11.6 Å². The molecule has 0 aromatic heterocycles. The van der Waals surface area contributed by atoms with Crippen molar-refractivity contribution in [2.75, 3.05) is 0 Å². The van der Waals surface area contributed by atoms with Gasteiger partial charge in [-0.3, -0.25) is 9.59 Å². The fourth-order valence-corrected chi connectivity index (χ4v) is 4.40. The normalized spacial score (nSPS) is 12.8. The number of aromatic hydroxyl groups is 2. The molecular formula is C28H20Na2O4. The maximum atomic E-state index is 12.1. The van der Waals surface area contributed by atoms with Gasteiger partial charge in [0.05, 0.1) is 0 Å². The maximum absolute atomic E-state index is 12.1. The molecule has 0 bridgehead atoms. The summed E-state index contributed by atoms with van der Waals surface area (Å²) in [4.78, 5) is 24.2. The number of rotatable bonds is 0. The summed E-state index contributed by atoms with van der Waals surface area (Å²) in [7, 11) is 0. The molecule has 2 aliphatic rings. The molecule has 0 unspecified atom stereocenters. The van der Waals surface area contributed by atoms with Crippen LogP contribution >= 0.6 is 0 Å². The minimum Gasteiger partial charge on any atom is -0.507 e. The number of allylic oxidation sites excluding steroid dienone is 2. The average Bonchev–Trinajstić information content (AvgIpc) is 2.86. The van der Waals surface area contributed by atoms with Gasteiger partial charge in [-0.1, -0.05) is 84.9 Å². The molecule has 0 saturated heterocycles. The van der Waals surface area contributed by atoms with Crippen LogP contribution in [-0.2, 0) is 12.8 Å². The van der Waals surface area contributed by atoms with Crippen molar-refractivity contribution in [3.8, 4) is 11.5 Å². The van der Waals surface area contributed by atoms with Crippen molar-refractivity contribution >= 4 is 81.5 Å². The molecule has 0 spiro atoms. The first-order valence-electron chi connectivity index (χ1n) is 10.4. The molecular weight excluding hydrogens is 446 g/mol. The molecule has 2 radical (unpaired) electrons. The SMILES string of the molecule is O=C1c2ccccc2C(=O)c2ccccc21.Oc1c2c(c(O)c3ccccc13)CC=CC2.[Na].[Na]. The van der Waals surface area contributed by atoms with Crippen molar-refractivity contribution in [1.29, 1.82) is 0 Å². The van der Waals surface area contributed by atoms with Crippen molar-refractivity contribution < 1.29 is 19.8 Å². The Labute approximate surface area is 241 Å². The molecule has 34 heavy (non-hydrogen) atoms. The van der Waals surface area contributed by atoms with Crippen molar-refractivity contribution in [3.63, 3.8) is 0 Å². The van der Waals surface area contributed by atoms with Crippen LogP contribution in [0.5, 0.6) is 11.5 Å². The third kappa shape index (κ3) is 4.55. The molecule has 6 rings (SSSR count). The molecule has 2 N–H and O–H groups in total. The molecule has 0 amide bonds. The average molecular weight is 466 g/mol. The third-order valence-corrected chi connectivity index (χ3v) is 6.02. The van der Waals surface area contributed by atoms with Gasteiger partial charge in [0.25, 0.3) is 0 Å². The van der Waals surface area contributed by atoms with Crippen LogP contribution in [0, 0.1) is 0 Å². The van der Waals surface area contributed by atoms with E-state index in [9.17, 15) is 19.8 Å². The largest absolute Gasteiger partial charge is 0.507 e. The Bertz CT molecular complexity index is 1280. The Balaban J connectivity index is 0.000000180. The number of hydrogen-bond acceptors (Lipinski definition) is 4. The number of carbonyl (C=O) groups excluding carboxylic acids is 2. The molecule has 4 aromatic carbocycles. The predicted octanol–water partition coefficient (Wildman–Crippen LogP) is 4.61. The molecule has 6 heteroatoms. The summed E-state index contributed by atoms with van der Waals surface area (Å²) in [6.45, 7) is 0. The minimum absolute atomic E-state index is 0. The van der Waals surface area contributed by atoms with Crippen molar-refractivity contribution in [2.45, 2.75) is 12.8 Å². The van der Waals surface area contributed by atoms with Gasteiger partial charge < -0.3 is 10.2 Å². The fraction of sp³-hybridized carbons (Fsp3) is 0.0714. The van der Waals surface area contributed by atoms with E-state index in [2.05, 4.69) is 0 Å². The Hall–Kier alpha value is -2.18. The Morgan fingerprint density at radius 1 is 0.500 bits per heavy atom. The van der Waals surface area contributed by atoms with Gasteiger partial charge in [-0.25, -0.2) is 0 Å². The summed E-state index contributed by atoms with van der Waals surface area (Å²) < 4.78 is 0. The molecule has 2 aliphatic carbocycles. The molecule has 4 aromatic rings. The summed E-state index contributed by atoms with van der Waals surface area (Å²) in [5, 5.41) is 21.8. The third-order valence-electron chi connectivity index (χ3n) is 6.02. The number of fused-ring (bicyclic) bond motifs is 4. The summed E-state index contributed by atoms with van der Waals surface area (Å²) in [5.74, 6) is 0.497. The Morgan fingerprint density at radius 2 is 0.794 bits per heavy atom. The number of ketones is 2. The van der Waals surface area contributed by atoms with E-state index in [0.717, 1.165) is 21.9 Å². The summed E-state index contributed by atoms with van der Waals surface area (Å²) in [6.07, 6.45) is 5.44. The van der Waals surface area contributed by atoms with Crippen LogP contribution < -0.4 is 0 Å². The van der Waals surface area contributed by atoms with Crippen LogP contribution in [0.4, 0.5) is 0 Å². The van der Waals surface area contributed by atoms with Gasteiger partial charge in [-0.2, -0.15) is 0 Å². The van der Waals surface area contributed by atoms with Gasteiger partial charge in [0.1, 0.15) is 11.5 Å². The zero-order valence-electron chi connectivity index (χ0n) is 19.2. The van der Waals surface area contributed by atoms with Crippen LogP contribution in [-0.4, -0.2) is 80.9 Å². The summed E-state index contributed by atoms with van der Waals surface area (Å²) in [5.41, 5.74) is 3.74. The van der Waals surface area contributed by atoms with Crippen molar-refractivity contribution in [2.24, 2.45) is 0 Å². The first-order valence-corrected chi connectivity index (χ1v) is 10.4. The zero-order chi connectivity index (χ0) is 22.2. The minimum atomic E-state index is -0.0641. The van der Waals surface area contributed by atoms with Crippen LogP contribution in [0.1, 0.15) is 43.0 Å². The number of hydrogen-bond donors (Lipinski definition) is 2. The smallest absolute Gasteiger partial charge is 0.194 e. The van der Waals surface area contributed by atoms with Gasteiger partial charge in [-0.05, 0) is 12.8 Å². The van der Waals surface area contributed by atoms with Crippen molar-refractivity contribution in [3.05, 3.63) is 118 Å². The first-order chi connectivity index (χ1) is 15.6. The van der Waals surface area contributed by atoms with E-state index < -0.39 is 0 Å². The van der Waals surface area contributed by atoms with E-state index in [-0.39, 0.29) is 70.7 Å². The van der Waals surface area contributed by atoms with E-state index in [4.69, 9.17) is 0 Å². The van der Waals surface area contributed by atoms with E-state index in [0.29, 0.717) is 46.6 Å². The Morgan fingerprint density at radius 3 is 1.12 bits per heavy atom. The number of phenols is 2. The van der Waals surface area contributed by atoms with E-state index in [1.165, 1.54) is 0 Å². The molecule has 0 atom stereocenters. The number of phenolic OH excluding ortho intramolecular Hbond substituents is 2. The quantitative estimate of drug-likeness (QED) is 0.199.